The molecule has 130 valence electrons. The van der Waals surface area contributed by atoms with Gasteiger partial charge in [-0.15, -0.1) is 0 Å². The minimum absolute atomic E-state index is 0.130. The predicted octanol–water partition coefficient (Wildman–Crippen LogP) is 3.35. The van der Waals surface area contributed by atoms with Crippen molar-refractivity contribution in [3.05, 3.63) is 52.4 Å². The number of nitrogens with one attached hydrogen (secondary N) is 2. The summed E-state index contributed by atoms with van der Waals surface area (Å²) in [5.74, 6) is 0.371. The third kappa shape index (κ3) is 3.32. The maximum Gasteiger partial charge on any atom is 0.206 e. The third-order valence-electron chi connectivity index (χ3n) is 4.46. The Hall–Kier alpha value is -2.18. The number of hydrogen-bond donors (Lipinski definition) is 2. The number of rotatable bonds is 4. The van der Waals surface area contributed by atoms with Gasteiger partial charge in [-0.25, -0.2) is 9.37 Å². The number of aryl methyl sites for hydroxylation is 1. The minimum atomic E-state index is -0.409. The van der Waals surface area contributed by atoms with E-state index in [4.69, 9.17) is 11.6 Å². The van der Waals surface area contributed by atoms with Crippen molar-refractivity contribution >= 4 is 28.7 Å². The lowest BCUT2D eigenvalue weighted by Gasteiger charge is -2.15. The highest BCUT2D eigenvalue weighted by atomic mass is 35.5. The Kier molecular flexibility index (Phi) is 4.31. The van der Waals surface area contributed by atoms with Crippen molar-refractivity contribution in [1.29, 1.82) is 0 Å². The molecule has 0 bridgehead atoms. The summed E-state index contributed by atoms with van der Waals surface area (Å²) >= 11 is 5.94. The van der Waals surface area contributed by atoms with E-state index >= 15 is 0 Å². The molecule has 7 heteroatoms. The molecule has 1 fully saturated rings. The average molecular weight is 360 g/mol. The fourth-order valence-corrected chi connectivity index (χ4v) is 3.36. The first-order valence-electron chi connectivity index (χ1n) is 8.34. The van der Waals surface area contributed by atoms with E-state index in [9.17, 15) is 4.39 Å². The average Bonchev–Trinajstić information content (AvgIpc) is 3.20. The van der Waals surface area contributed by atoms with Crippen LogP contribution in [0.15, 0.2) is 30.5 Å². The van der Waals surface area contributed by atoms with Crippen molar-refractivity contribution in [3.63, 3.8) is 0 Å². The molecule has 3 heterocycles. The summed E-state index contributed by atoms with van der Waals surface area (Å²) in [5.41, 5.74) is 3.64. The standard InChI is InChI=1S/C18H19ClFN5/c1-11-6-16-17(22-8-11)24-18(23-13-4-5-21-9-13)25(16)10-12-2-3-15(20)14(19)7-12/h2-3,6-8,13,21H,4-5,9-10H2,1H3,(H,22,23,24). The van der Waals surface area contributed by atoms with Crippen LogP contribution in [0.2, 0.25) is 5.02 Å². The van der Waals surface area contributed by atoms with E-state index in [1.54, 1.807) is 12.1 Å². The van der Waals surface area contributed by atoms with Gasteiger partial charge in [0, 0.05) is 18.8 Å². The van der Waals surface area contributed by atoms with Crippen LogP contribution in [0.1, 0.15) is 17.5 Å². The molecule has 1 aliphatic rings. The van der Waals surface area contributed by atoms with Gasteiger partial charge in [0.05, 0.1) is 17.1 Å². The molecule has 0 aliphatic carbocycles. The van der Waals surface area contributed by atoms with E-state index in [2.05, 4.69) is 31.2 Å². The monoisotopic (exact) mass is 359 g/mol. The molecule has 0 amide bonds. The van der Waals surface area contributed by atoms with Crippen molar-refractivity contribution in [2.24, 2.45) is 0 Å². The Morgan fingerprint density at radius 1 is 1.40 bits per heavy atom. The van der Waals surface area contributed by atoms with Gasteiger partial charge in [0.25, 0.3) is 0 Å². The maximum absolute atomic E-state index is 13.5. The van der Waals surface area contributed by atoms with Gasteiger partial charge in [-0.1, -0.05) is 17.7 Å². The molecule has 4 rings (SSSR count). The van der Waals surface area contributed by atoms with Crippen LogP contribution in [0.4, 0.5) is 10.3 Å². The molecule has 5 nitrogen and oxygen atoms in total. The van der Waals surface area contributed by atoms with Crippen LogP contribution in [0.5, 0.6) is 0 Å². The molecule has 1 aromatic carbocycles. The lowest BCUT2D eigenvalue weighted by Crippen LogP contribution is -2.24. The van der Waals surface area contributed by atoms with Crippen LogP contribution in [0.3, 0.4) is 0 Å². The Bertz CT molecular complexity index is 917. The summed E-state index contributed by atoms with van der Waals surface area (Å²) in [4.78, 5) is 9.10. The van der Waals surface area contributed by atoms with Crippen molar-refractivity contribution < 1.29 is 4.39 Å². The smallest absolute Gasteiger partial charge is 0.206 e. The molecule has 1 unspecified atom stereocenters. The summed E-state index contributed by atoms with van der Waals surface area (Å²) < 4.78 is 15.5. The van der Waals surface area contributed by atoms with Crippen molar-refractivity contribution in [3.8, 4) is 0 Å². The summed E-state index contributed by atoms with van der Waals surface area (Å²) in [6.45, 7) is 4.47. The lowest BCUT2D eigenvalue weighted by molar-refractivity contribution is 0.627. The van der Waals surface area contributed by atoms with Crippen LogP contribution in [0, 0.1) is 12.7 Å². The van der Waals surface area contributed by atoms with Crippen molar-refractivity contribution in [1.82, 2.24) is 19.9 Å². The van der Waals surface area contributed by atoms with Crippen LogP contribution in [0.25, 0.3) is 11.2 Å². The zero-order valence-corrected chi connectivity index (χ0v) is 14.6. The molecule has 2 N–H and O–H groups in total. The number of fused-ring (bicyclic) bond motifs is 1. The fraction of sp³-hybridized carbons (Fsp3) is 0.333. The Balaban J connectivity index is 1.75. The van der Waals surface area contributed by atoms with E-state index in [1.807, 2.05) is 13.1 Å². The van der Waals surface area contributed by atoms with Gasteiger partial charge < -0.3 is 15.2 Å². The molecule has 1 aliphatic heterocycles. The van der Waals surface area contributed by atoms with Gasteiger partial charge in [0.2, 0.25) is 5.95 Å². The third-order valence-corrected chi connectivity index (χ3v) is 4.75. The number of hydrogen-bond acceptors (Lipinski definition) is 4. The van der Waals surface area contributed by atoms with Crippen LogP contribution in [-0.4, -0.2) is 33.7 Å². The van der Waals surface area contributed by atoms with E-state index in [0.29, 0.717) is 18.2 Å². The normalized spacial score (nSPS) is 17.3. The summed E-state index contributed by atoms with van der Waals surface area (Å²) in [6.07, 6.45) is 2.87. The second-order valence-electron chi connectivity index (χ2n) is 6.46. The van der Waals surface area contributed by atoms with Crippen molar-refractivity contribution in [2.45, 2.75) is 25.9 Å². The molecule has 0 saturated carbocycles. The number of anilines is 1. The zero-order valence-electron chi connectivity index (χ0n) is 13.9. The van der Waals surface area contributed by atoms with Gasteiger partial charge in [0.1, 0.15) is 5.82 Å². The van der Waals surface area contributed by atoms with Gasteiger partial charge in [-0.3, -0.25) is 0 Å². The topological polar surface area (TPSA) is 54.8 Å². The van der Waals surface area contributed by atoms with Crippen LogP contribution in [-0.2, 0) is 6.54 Å². The fourth-order valence-electron chi connectivity index (χ4n) is 3.16. The van der Waals surface area contributed by atoms with E-state index in [-0.39, 0.29) is 5.02 Å². The minimum Gasteiger partial charge on any atom is -0.352 e. The molecule has 25 heavy (non-hydrogen) atoms. The molecule has 3 aromatic rings. The van der Waals surface area contributed by atoms with Crippen LogP contribution >= 0.6 is 11.6 Å². The van der Waals surface area contributed by atoms with Gasteiger partial charge in [0.15, 0.2) is 5.65 Å². The highest BCUT2D eigenvalue weighted by Crippen LogP contribution is 2.24. The Morgan fingerprint density at radius 2 is 2.28 bits per heavy atom. The first kappa shape index (κ1) is 16.3. The SMILES string of the molecule is Cc1cnc2nc(NC3CCNC3)n(Cc3ccc(F)c(Cl)c3)c2c1. The molecule has 1 atom stereocenters. The number of halogens is 2. The molecular formula is C18H19ClFN5. The molecule has 1 saturated heterocycles. The number of imidazole rings is 1. The number of benzene rings is 1. The quantitative estimate of drug-likeness (QED) is 0.750. The van der Waals surface area contributed by atoms with Crippen LogP contribution < -0.4 is 10.6 Å². The second-order valence-corrected chi connectivity index (χ2v) is 6.87. The second kappa shape index (κ2) is 6.61. The van der Waals surface area contributed by atoms with E-state index in [0.717, 1.165) is 42.1 Å². The summed E-state index contributed by atoms with van der Waals surface area (Å²) in [5, 5.41) is 6.98. The number of pyridine rings is 1. The number of nitrogens with zero attached hydrogens (tertiary/aromatic N) is 3. The maximum atomic E-state index is 13.5. The first-order chi connectivity index (χ1) is 12.1. The molecular weight excluding hydrogens is 341 g/mol. The highest BCUT2D eigenvalue weighted by Gasteiger charge is 2.19. The molecule has 0 radical (unpaired) electrons. The van der Waals surface area contributed by atoms with Gasteiger partial charge in [-0.2, -0.15) is 4.98 Å². The molecule has 0 spiro atoms. The first-order valence-corrected chi connectivity index (χ1v) is 8.72. The number of aromatic nitrogens is 3. The summed E-state index contributed by atoms with van der Waals surface area (Å²) in [7, 11) is 0. The van der Waals surface area contributed by atoms with E-state index in [1.165, 1.54) is 6.07 Å². The summed E-state index contributed by atoms with van der Waals surface area (Å²) in [6, 6.07) is 7.21. The molecule has 2 aromatic heterocycles. The largest absolute Gasteiger partial charge is 0.352 e. The van der Waals surface area contributed by atoms with Gasteiger partial charge in [-0.05, 0) is 49.2 Å². The lowest BCUT2D eigenvalue weighted by atomic mass is 10.2. The highest BCUT2D eigenvalue weighted by molar-refractivity contribution is 6.30. The Morgan fingerprint density at radius 3 is 3.04 bits per heavy atom. The van der Waals surface area contributed by atoms with Gasteiger partial charge >= 0.3 is 0 Å². The van der Waals surface area contributed by atoms with E-state index < -0.39 is 5.82 Å². The van der Waals surface area contributed by atoms with Crippen molar-refractivity contribution in [2.75, 3.05) is 18.4 Å². The zero-order chi connectivity index (χ0) is 17.4. The Labute approximate surface area is 150 Å². The predicted molar refractivity (Wildman–Crippen MR) is 97.7 cm³/mol.